The number of carbonyl (C=O) groups excluding carboxylic acids is 1. The molecule has 6 nitrogen and oxygen atoms in total. The number of nitrogens with one attached hydrogen (secondary N) is 1. The minimum absolute atomic E-state index is 0.0528. The minimum Gasteiger partial charge on any atom is -0.472 e. The number of amides is 1. The Hall–Kier alpha value is -2.29. The number of aromatic nitrogens is 2. The number of rotatable bonds is 7. The molecule has 0 bridgehead atoms. The predicted molar refractivity (Wildman–Crippen MR) is 104 cm³/mol. The summed E-state index contributed by atoms with van der Waals surface area (Å²) < 4.78 is 33.9. The van der Waals surface area contributed by atoms with Crippen LogP contribution in [0.1, 0.15) is 50.5 Å². The van der Waals surface area contributed by atoms with Gasteiger partial charge in [-0.25, -0.2) is 8.78 Å². The van der Waals surface area contributed by atoms with Crippen LogP contribution in [-0.2, 0) is 11.4 Å². The number of ether oxygens (including phenoxy) is 1. The number of halogens is 3. The average Bonchev–Trinajstić information content (AvgIpc) is 2.64. The summed E-state index contributed by atoms with van der Waals surface area (Å²) >= 11 is 3.19. The smallest absolute Gasteiger partial charge is 0.272 e. The first-order valence-corrected chi connectivity index (χ1v) is 9.60. The summed E-state index contributed by atoms with van der Waals surface area (Å²) in [5.74, 6) is -2.18. The maximum atomic E-state index is 13.8. The molecule has 0 fully saturated rings. The van der Waals surface area contributed by atoms with Crippen molar-refractivity contribution in [2.75, 3.05) is 7.05 Å². The molecule has 0 aliphatic heterocycles. The normalized spacial score (nSPS) is 12.1. The standard InChI is InChI=1S/C19H22BrF2N3O3/c1-5-13(17(26)23-4)16-24-18(15(20)19(27)25(16)10(2)3)28-9-11-6-7-12(21)8-14(11)22/h6-8,10,13H,5,9H2,1-4H3,(H,23,26). The second-order valence-corrected chi connectivity index (χ2v) is 7.25. The second-order valence-electron chi connectivity index (χ2n) is 6.46. The van der Waals surface area contributed by atoms with E-state index >= 15 is 0 Å². The summed E-state index contributed by atoms with van der Waals surface area (Å²) in [7, 11) is 1.51. The summed E-state index contributed by atoms with van der Waals surface area (Å²) in [6, 6.07) is 2.88. The number of likely N-dealkylation sites (N-methyl/N-ethyl adjacent to an activating group) is 1. The molecule has 0 spiro atoms. The Morgan fingerprint density at radius 1 is 1.36 bits per heavy atom. The van der Waals surface area contributed by atoms with Gasteiger partial charge < -0.3 is 10.1 Å². The summed E-state index contributed by atoms with van der Waals surface area (Å²) in [5.41, 5.74) is -0.292. The molecule has 1 N–H and O–H groups in total. The van der Waals surface area contributed by atoms with Crippen LogP contribution in [-0.4, -0.2) is 22.5 Å². The van der Waals surface area contributed by atoms with Gasteiger partial charge in [-0.1, -0.05) is 6.92 Å². The summed E-state index contributed by atoms with van der Waals surface area (Å²) in [6.07, 6.45) is 0.423. The van der Waals surface area contributed by atoms with Crippen molar-refractivity contribution >= 4 is 21.8 Å². The molecule has 0 aliphatic carbocycles. The van der Waals surface area contributed by atoms with Gasteiger partial charge in [0, 0.05) is 24.7 Å². The third kappa shape index (κ3) is 4.57. The molecule has 1 atom stereocenters. The molecule has 152 valence electrons. The van der Waals surface area contributed by atoms with Gasteiger partial charge in [-0.3, -0.25) is 14.2 Å². The van der Waals surface area contributed by atoms with Crippen molar-refractivity contribution in [2.45, 2.75) is 45.8 Å². The lowest BCUT2D eigenvalue weighted by molar-refractivity contribution is -0.122. The van der Waals surface area contributed by atoms with Crippen molar-refractivity contribution < 1.29 is 18.3 Å². The van der Waals surface area contributed by atoms with E-state index in [-0.39, 0.29) is 40.3 Å². The monoisotopic (exact) mass is 457 g/mol. The fourth-order valence-electron chi connectivity index (χ4n) is 2.79. The molecular formula is C19H22BrF2N3O3. The molecule has 0 saturated heterocycles. The van der Waals surface area contributed by atoms with Crippen molar-refractivity contribution in [3.63, 3.8) is 0 Å². The molecule has 9 heteroatoms. The van der Waals surface area contributed by atoms with Crippen LogP contribution in [0.5, 0.6) is 5.88 Å². The first-order valence-electron chi connectivity index (χ1n) is 8.81. The molecule has 2 aromatic rings. The molecule has 1 aromatic heterocycles. The average molecular weight is 458 g/mol. The topological polar surface area (TPSA) is 73.2 Å². The van der Waals surface area contributed by atoms with Gasteiger partial charge in [0.1, 0.15) is 28.5 Å². The Kier molecular flexibility index (Phi) is 7.29. The molecule has 2 rings (SSSR count). The largest absolute Gasteiger partial charge is 0.472 e. The van der Waals surface area contributed by atoms with E-state index in [0.29, 0.717) is 6.42 Å². The Labute approximate surface area is 170 Å². The molecule has 1 heterocycles. The van der Waals surface area contributed by atoms with E-state index in [2.05, 4.69) is 26.2 Å². The molecule has 0 radical (unpaired) electrons. The highest BCUT2D eigenvalue weighted by Crippen LogP contribution is 2.27. The first-order chi connectivity index (χ1) is 13.2. The van der Waals surface area contributed by atoms with Gasteiger partial charge >= 0.3 is 0 Å². The van der Waals surface area contributed by atoms with Crippen LogP contribution in [0.2, 0.25) is 0 Å². The van der Waals surface area contributed by atoms with E-state index in [1.807, 2.05) is 20.8 Å². The van der Waals surface area contributed by atoms with Gasteiger partial charge in [0.2, 0.25) is 11.8 Å². The summed E-state index contributed by atoms with van der Waals surface area (Å²) in [5, 5.41) is 2.57. The van der Waals surface area contributed by atoms with E-state index in [1.54, 1.807) is 0 Å². The number of nitrogens with zero attached hydrogens (tertiary/aromatic N) is 2. The lowest BCUT2D eigenvalue weighted by Gasteiger charge is -2.22. The zero-order valence-corrected chi connectivity index (χ0v) is 17.6. The molecule has 1 unspecified atom stereocenters. The van der Waals surface area contributed by atoms with Gasteiger partial charge in [-0.05, 0) is 48.3 Å². The van der Waals surface area contributed by atoms with Crippen LogP contribution >= 0.6 is 15.9 Å². The first kappa shape index (κ1) is 22.0. The lowest BCUT2D eigenvalue weighted by Crippen LogP contribution is -2.34. The number of carbonyl (C=O) groups is 1. The molecule has 0 saturated carbocycles. The SMILES string of the molecule is CCC(C(=O)NC)c1nc(OCc2ccc(F)cc2F)c(Br)c(=O)n1C(C)C. The third-order valence-electron chi connectivity index (χ3n) is 4.24. The van der Waals surface area contributed by atoms with Crippen LogP contribution in [0.25, 0.3) is 0 Å². The van der Waals surface area contributed by atoms with Crippen molar-refractivity contribution in [3.05, 3.63) is 56.0 Å². The molecular weight excluding hydrogens is 436 g/mol. The van der Waals surface area contributed by atoms with Gasteiger partial charge in [-0.15, -0.1) is 0 Å². The number of hydrogen-bond acceptors (Lipinski definition) is 4. The Balaban J connectivity index is 2.50. The van der Waals surface area contributed by atoms with E-state index in [0.717, 1.165) is 12.1 Å². The highest BCUT2D eigenvalue weighted by Gasteiger charge is 2.27. The zero-order chi connectivity index (χ0) is 21.0. The lowest BCUT2D eigenvalue weighted by atomic mass is 10.0. The summed E-state index contributed by atoms with van der Waals surface area (Å²) in [6.45, 7) is 5.18. The van der Waals surface area contributed by atoms with Crippen molar-refractivity contribution in [1.82, 2.24) is 14.9 Å². The number of hydrogen-bond donors (Lipinski definition) is 1. The third-order valence-corrected chi connectivity index (χ3v) is 4.91. The van der Waals surface area contributed by atoms with Crippen LogP contribution in [0, 0.1) is 11.6 Å². The van der Waals surface area contributed by atoms with E-state index in [1.165, 1.54) is 17.7 Å². The number of benzene rings is 1. The predicted octanol–water partition coefficient (Wildman–Crippen LogP) is 3.68. The van der Waals surface area contributed by atoms with E-state index in [4.69, 9.17) is 4.74 Å². The van der Waals surface area contributed by atoms with Crippen LogP contribution < -0.4 is 15.6 Å². The van der Waals surface area contributed by atoms with Gasteiger partial charge in [0.05, 0.1) is 5.92 Å². The molecule has 1 amide bonds. The Morgan fingerprint density at radius 2 is 2.04 bits per heavy atom. The Morgan fingerprint density at radius 3 is 2.57 bits per heavy atom. The van der Waals surface area contributed by atoms with Gasteiger partial charge in [0.25, 0.3) is 5.56 Å². The minimum atomic E-state index is -0.760. The molecule has 1 aromatic carbocycles. The molecule has 0 aliphatic rings. The maximum absolute atomic E-state index is 13.8. The van der Waals surface area contributed by atoms with E-state index in [9.17, 15) is 18.4 Å². The fraction of sp³-hybridized carbons (Fsp3) is 0.421. The zero-order valence-electron chi connectivity index (χ0n) is 16.1. The maximum Gasteiger partial charge on any atom is 0.272 e. The Bertz CT molecular complexity index is 931. The van der Waals surface area contributed by atoms with Gasteiger partial charge in [-0.2, -0.15) is 4.98 Å². The highest BCUT2D eigenvalue weighted by molar-refractivity contribution is 9.10. The van der Waals surface area contributed by atoms with Crippen molar-refractivity contribution in [1.29, 1.82) is 0 Å². The van der Waals surface area contributed by atoms with Crippen LogP contribution in [0.4, 0.5) is 8.78 Å². The fourth-order valence-corrected chi connectivity index (χ4v) is 3.19. The quantitative estimate of drug-likeness (QED) is 0.687. The van der Waals surface area contributed by atoms with Gasteiger partial charge in [0.15, 0.2) is 0 Å². The highest BCUT2D eigenvalue weighted by atomic mass is 79.9. The second kappa shape index (κ2) is 9.27. The molecule has 28 heavy (non-hydrogen) atoms. The van der Waals surface area contributed by atoms with E-state index < -0.39 is 23.1 Å². The van der Waals surface area contributed by atoms with Crippen LogP contribution in [0.15, 0.2) is 27.5 Å². The van der Waals surface area contributed by atoms with Crippen molar-refractivity contribution in [2.24, 2.45) is 0 Å². The van der Waals surface area contributed by atoms with Crippen molar-refractivity contribution in [3.8, 4) is 5.88 Å². The van der Waals surface area contributed by atoms with Crippen LogP contribution in [0.3, 0.4) is 0 Å². The summed E-state index contributed by atoms with van der Waals surface area (Å²) in [4.78, 5) is 29.5.